The predicted octanol–water partition coefficient (Wildman–Crippen LogP) is 4.76. The average Bonchev–Trinajstić information content (AvgIpc) is 3.12. The molecule has 0 unspecified atom stereocenters. The summed E-state index contributed by atoms with van der Waals surface area (Å²) in [4.78, 5) is 16.4. The Morgan fingerprint density at radius 1 is 1.07 bits per heavy atom. The largest absolute Gasteiger partial charge is 0.573 e. The van der Waals surface area contributed by atoms with E-state index in [1.165, 1.54) is 35.6 Å². The van der Waals surface area contributed by atoms with Gasteiger partial charge < -0.3 is 15.4 Å². The van der Waals surface area contributed by atoms with E-state index < -0.39 is 6.36 Å². The lowest BCUT2D eigenvalue weighted by Crippen LogP contribution is -2.25. The van der Waals surface area contributed by atoms with Gasteiger partial charge in [-0.2, -0.15) is 0 Å². The lowest BCUT2D eigenvalue weighted by Gasteiger charge is -2.09. The zero-order chi connectivity index (χ0) is 20.0. The second kappa shape index (κ2) is 8.75. The number of nitrogens with zero attached hydrogens (tertiary/aromatic N) is 1. The first-order valence-corrected chi connectivity index (χ1v) is 9.17. The van der Waals surface area contributed by atoms with Crippen molar-refractivity contribution in [2.75, 3.05) is 11.9 Å². The molecule has 1 amide bonds. The van der Waals surface area contributed by atoms with Gasteiger partial charge in [-0.15, -0.1) is 24.5 Å². The van der Waals surface area contributed by atoms with Crippen molar-refractivity contribution in [3.8, 4) is 5.75 Å². The van der Waals surface area contributed by atoms with Crippen molar-refractivity contribution in [2.45, 2.75) is 12.8 Å². The second-order valence-corrected chi connectivity index (χ2v) is 6.58. The van der Waals surface area contributed by atoms with Crippen molar-refractivity contribution in [1.29, 1.82) is 0 Å². The molecule has 3 aromatic rings. The van der Waals surface area contributed by atoms with E-state index in [0.717, 1.165) is 5.56 Å². The quantitative estimate of drug-likeness (QED) is 0.593. The molecule has 0 saturated carbocycles. The molecule has 1 heterocycles. The van der Waals surface area contributed by atoms with E-state index in [1.54, 1.807) is 5.38 Å². The van der Waals surface area contributed by atoms with Crippen LogP contribution < -0.4 is 15.4 Å². The van der Waals surface area contributed by atoms with Crippen LogP contribution in [0.3, 0.4) is 0 Å². The van der Waals surface area contributed by atoms with Gasteiger partial charge in [0.25, 0.3) is 5.91 Å². The molecule has 0 aliphatic heterocycles. The summed E-state index contributed by atoms with van der Waals surface area (Å²) in [6.07, 6.45) is -4.01. The van der Waals surface area contributed by atoms with Gasteiger partial charge >= 0.3 is 6.36 Å². The highest BCUT2D eigenvalue weighted by atomic mass is 32.1. The minimum Gasteiger partial charge on any atom is -0.406 e. The van der Waals surface area contributed by atoms with Gasteiger partial charge in [-0.25, -0.2) is 4.98 Å². The Kier molecular flexibility index (Phi) is 6.15. The number of carbonyl (C=O) groups excluding carboxylic acids is 1. The van der Waals surface area contributed by atoms with Gasteiger partial charge in [-0.05, 0) is 36.2 Å². The number of alkyl halides is 3. The molecule has 0 radical (unpaired) electrons. The lowest BCUT2D eigenvalue weighted by molar-refractivity contribution is -0.274. The third-order valence-corrected chi connectivity index (χ3v) is 4.38. The van der Waals surface area contributed by atoms with Crippen LogP contribution in [0.5, 0.6) is 5.75 Å². The normalized spacial score (nSPS) is 11.1. The number of hydrogen-bond acceptors (Lipinski definition) is 5. The highest BCUT2D eigenvalue weighted by molar-refractivity contribution is 7.14. The Balaban J connectivity index is 1.51. The van der Waals surface area contributed by atoms with Crippen LogP contribution in [0, 0.1) is 0 Å². The fraction of sp³-hybridized carbons (Fsp3) is 0.158. The maximum absolute atomic E-state index is 12.2. The van der Waals surface area contributed by atoms with Gasteiger partial charge in [-0.1, -0.05) is 30.3 Å². The molecule has 0 saturated heterocycles. The van der Waals surface area contributed by atoms with Gasteiger partial charge in [0, 0.05) is 17.6 Å². The predicted molar refractivity (Wildman–Crippen MR) is 101 cm³/mol. The minimum atomic E-state index is -4.73. The van der Waals surface area contributed by atoms with E-state index in [0.29, 0.717) is 23.8 Å². The highest BCUT2D eigenvalue weighted by Gasteiger charge is 2.30. The molecule has 0 aliphatic carbocycles. The monoisotopic (exact) mass is 407 g/mol. The van der Waals surface area contributed by atoms with Gasteiger partial charge in [0.15, 0.2) is 5.13 Å². The molecule has 2 N–H and O–H groups in total. The van der Waals surface area contributed by atoms with Crippen LogP contribution in [-0.2, 0) is 6.42 Å². The van der Waals surface area contributed by atoms with E-state index in [4.69, 9.17) is 0 Å². The zero-order valence-corrected chi connectivity index (χ0v) is 15.3. The van der Waals surface area contributed by atoms with Crippen molar-refractivity contribution >= 4 is 28.1 Å². The summed E-state index contributed by atoms with van der Waals surface area (Å²) in [5, 5.41) is 7.82. The lowest BCUT2D eigenvalue weighted by atomic mass is 10.1. The topological polar surface area (TPSA) is 63.2 Å². The Bertz CT molecular complexity index is 912. The summed E-state index contributed by atoms with van der Waals surface area (Å²) in [6, 6.07) is 15.0. The van der Waals surface area contributed by atoms with Gasteiger partial charge in [-0.3, -0.25) is 4.79 Å². The highest BCUT2D eigenvalue weighted by Crippen LogP contribution is 2.26. The van der Waals surface area contributed by atoms with Crippen molar-refractivity contribution < 1.29 is 22.7 Å². The van der Waals surface area contributed by atoms with Crippen LogP contribution in [0.25, 0.3) is 0 Å². The third-order valence-electron chi connectivity index (χ3n) is 3.62. The van der Waals surface area contributed by atoms with E-state index in [9.17, 15) is 18.0 Å². The molecule has 5 nitrogen and oxygen atoms in total. The number of nitrogens with one attached hydrogen (secondary N) is 2. The summed E-state index contributed by atoms with van der Waals surface area (Å²) >= 11 is 1.22. The number of rotatable bonds is 7. The molecule has 28 heavy (non-hydrogen) atoms. The number of thiazole rings is 1. The van der Waals surface area contributed by atoms with E-state index in [-0.39, 0.29) is 17.4 Å². The Morgan fingerprint density at radius 2 is 1.79 bits per heavy atom. The number of halogens is 3. The molecule has 9 heteroatoms. The molecule has 2 aromatic carbocycles. The molecule has 0 atom stereocenters. The van der Waals surface area contributed by atoms with E-state index >= 15 is 0 Å². The fourth-order valence-corrected chi connectivity index (χ4v) is 3.07. The summed E-state index contributed by atoms with van der Waals surface area (Å²) in [5.74, 6) is -0.593. The van der Waals surface area contributed by atoms with Crippen molar-refractivity contribution in [3.63, 3.8) is 0 Å². The maximum atomic E-state index is 12.2. The molecule has 1 aromatic heterocycles. The maximum Gasteiger partial charge on any atom is 0.573 e. The van der Waals surface area contributed by atoms with Crippen LogP contribution in [0.1, 0.15) is 16.1 Å². The van der Waals surface area contributed by atoms with Crippen LogP contribution in [-0.4, -0.2) is 23.8 Å². The Morgan fingerprint density at radius 3 is 2.46 bits per heavy atom. The van der Waals surface area contributed by atoms with E-state index in [2.05, 4.69) is 20.4 Å². The summed E-state index contributed by atoms with van der Waals surface area (Å²) < 4.78 is 40.3. The van der Waals surface area contributed by atoms with Crippen molar-refractivity contribution in [1.82, 2.24) is 10.3 Å². The first-order valence-electron chi connectivity index (χ1n) is 8.29. The van der Waals surface area contributed by atoms with Crippen molar-refractivity contribution in [2.24, 2.45) is 0 Å². The number of carbonyl (C=O) groups is 1. The SMILES string of the molecule is O=C(NCCc1ccccc1)c1csc(Nc2ccc(OC(F)(F)F)cc2)n1. The second-order valence-electron chi connectivity index (χ2n) is 5.73. The number of ether oxygens (including phenoxy) is 1. The number of benzene rings is 2. The molecule has 0 aliphatic rings. The number of amides is 1. The summed E-state index contributed by atoms with van der Waals surface area (Å²) in [7, 11) is 0. The first kappa shape index (κ1) is 19.7. The van der Waals surface area contributed by atoms with Crippen molar-refractivity contribution in [3.05, 3.63) is 71.2 Å². The van der Waals surface area contributed by atoms with Crippen LogP contribution in [0.15, 0.2) is 60.0 Å². The molecule has 0 bridgehead atoms. The van der Waals surface area contributed by atoms with Crippen LogP contribution in [0.2, 0.25) is 0 Å². The molecular formula is C19H16F3N3O2S. The van der Waals surface area contributed by atoms with Crippen LogP contribution >= 0.6 is 11.3 Å². The van der Waals surface area contributed by atoms with Gasteiger partial charge in [0.2, 0.25) is 0 Å². The molecule has 0 spiro atoms. The van der Waals surface area contributed by atoms with E-state index in [1.807, 2.05) is 30.3 Å². The molecular weight excluding hydrogens is 391 g/mol. The summed E-state index contributed by atoms with van der Waals surface area (Å²) in [6.45, 7) is 0.490. The number of aromatic nitrogens is 1. The zero-order valence-electron chi connectivity index (χ0n) is 14.5. The molecule has 3 rings (SSSR count). The van der Waals surface area contributed by atoms with Crippen LogP contribution in [0.4, 0.5) is 24.0 Å². The summed E-state index contributed by atoms with van der Waals surface area (Å²) in [5.41, 5.74) is 1.93. The van der Waals surface area contributed by atoms with Gasteiger partial charge in [0.1, 0.15) is 11.4 Å². The van der Waals surface area contributed by atoms with Gasteiger partial charge in [0.05, 0.1) is 0 Å². The Hall–Kier alpha value is -3.07. The molecule has 146 valence electrons. The smallest absolute Gasteiger partial charge is 0.406 e. The fourth-order valence-electron chi connectivity index (χ4n) is 2.35. The minimum absolute atomic E-state index is 0.276. The third kappa shape index (κ3) is 5.98. The first-order chi connectivity index (χ1) is 13.4. The standard InChI is InChI=1S/C19H16F3N3O2S/c20-19(21,22)27-15-8-6-14(7-9-15)24-18-25-16(12-28-18)17(26)23-11-10-13-4-2-1-3-5-13/h1-9,12H,10-11H2,(H,23,26)(H,24,25). The Labute approximate surface area is 163 Å². The molecule has 0 fully saturated rings. The number of hydrogen-bond donors (Lipinski definition) is 2. The number of anilines is 2. The average molecular weight is 407 g/mol.